The number of pyridine rings is 1. The van der Waals surface area contributed by atoms with Gasteiger partial charge in [0, 0.05) is 31.9 Å². The van der Waals surface area contributed by atoms with Crippen LogP contribution in [0, 0.1) is 10.1 Å². The third-order valence-corrected chi connectivity index (χ3v) is 6.44. The predicted octanol–water partition coefficient (Wildman–Crippen LogP) is 4.72. The molecule has 0 saturated carbocycles. The second-order valence-corrected chi connectivity index (χ2v) is 9.09. The zero-order valence-electron chi connectivity index (χ0n) is 21.0. The van der Waals surface area contributed by atoms with E-state index in [9.17, 15) is 10.1 Å². The molecule has 1 aliphatic rings. The summed E-state index contributed by atoms with van der Waals surface area (Å²) in [6.07, 6.45) is 3.67. The van der Waals surface area contributed by atoms with Crippen molar-refractivity contribution in [1.29, 1.82) is 0 Å². The van der Waals surface area contributed by atoms with E-state index < -0.39 is 0 Å². The van der Waals surface area contributed by atoms with E-state index in [1.54, 1.807) is 26.5 Å². The van der Waals surface area contributed by atoms with Crippen LogP contribution in [0.1, 0.15) is 24.0 Å². The molecule has 0 bridgehead atoms. The zero-order chi connectivity index (χ0) is 25.5. The number of piperidine rings is 1. The lowest BCUT2D eigenvalue weighted by atomic mass is 10.1. The summed E-state index contributed by atoms with van der Waals surface area (Å²) in [4.78, 5) is 20.8. The van der Waals surface area contributed by atoms with Gasteiger partial charge in [-0.3, -0.25) is 10.1 Å². The second-order valence-electron chi connectivity index (χ2n) is 9.09. The van der Waals surface area contributed by atoms with E-state index in [2.05, 4.69) is 22.2 Å². The average Bonchev–Trinajstić information content (AvgIpc) is 2.89. The Bertz CT molecular complexity index is 1100. The van der Waals surface area contributed by atoms with E-state index in [4.69, 9.17) is 9.47 Å². The number of aromatic nitrogens is 1. The Morgan fingerprint density at radius 1 is 1.03 bits per heavy atom. The van der Waals surface area contributed by atoms with Crippen LogP contribution in [-0.4, -0.2) is 55.2 Å². The minimum absolute atomic E-state index is 0.00671. The van der Waals surface area contributed by atoms with Gasteiger partial charge in [0.1, 0.15) is 17.2 Å². The Hall–Kier alpha value is -3.85. The number of hydrogen-bond donors (Lipinski definition) is 1. The van der Waals surface area contributed by atoms with Crippen LogP contribution < -0.4 is 19.7 Å². The lowest BCUT2D eigenvalue weighted by molar-refractivity contribution is -0.383. The van der Waals surface area contributed by atoms with Gasteiger partial charge in [-0.1, -0.05) is 24.3 Å². The molecule has 1 unspecified atom stereocenters. The highest BCUT2D eigenvalue weighted by atomic mass is 16.6. The maximum atomic E-state index is 12.4. The molecule has 9 nitrogen and oxygen atoms in total. The highest BCUT2D eigenvalue weighted by Gasteiger charge is 2.28. The largest absolute Gasteiger partial charge is 0.497 e. The minimum Gasteiger partial charge on any atom is -0.497 e. The molecule has 3 aromatic rings. The van der Waals surface area contributed by atoms with Gasteiger partial charge in [-0.15, -0.1) is 0 Å². The van der Waals surface area contributed by atoms with Crippen LogP contribution in [0.5, 0.6) is 11.5 Å². The number of nitrogens with one attached hydrogen (secondary N) is 1. The van der Waals surface area contributed by atoms with Crippen LogP contribution >= 0.6 is 0 Å². The fourth-order valence-corrected chi connectivity index (χ4v) is 4.58. The topological polar surface area (TPSA) is 93.0 Å². The third kappa shape index (κ3) is 6.23. The highest BCUT2D eigenvalue weighted by Crippen LogP contribution is 2.36. The summed E-state index contributed by atoms with van der Waals surface area (Å²) in [7, 11) is 5.33. The fraction of sp³-hybridized carbons (Fsp3) is 0.370. The highest BCUT2D eigenvalue weighted by molar-refractivity contribution is 5.74. The van der Waals surface area contributed by atoms with Crippen molar-refractivity contribution in [1.82, 2.24) is 9.88 Å². The van der Waals surface area contributed by atoms with Gasteiger partial charge in [0.15, 0.2) is 0 Å². The molecule has 0 amide bonds. The number of hydrogen-bond acceptors (Lipinski definition) is 8. The SMILES string of the molecule is COc1ccc(CN(Cc2ccc(OC)cc2)c2nccc(NC3CCCN(C)C3)c2[N+](=O)[O-])cc1. The van der Waals surface area contributed by atoms with E-state index in [-0.39, 0.29) is 16.7 Å². The number of likely N-dealkylation sites (tertiary alicyclic amines) is 1. The standard InChI is InChI=1S/C27H33N5O4/c1-30-16-4-5-22(19-30)29-25-14-15-28-27(26(25)32(33)34)31(17-20-6-10-23(35-2)11-7-20)18-21-8-12-24(36-3)13-9-21/h6-15,22H,4-5,16-19H2,1-3H3,(H,28,29). The molecule has 1 aliphatic heterocycles. The van der Waals surface area contributed by atoms with Crippen molar-refractivity contribution in [2.75, 3.05) is 44.6 Å². The zero-order valence-corrected chi connectivity index (χ0v) is 21.0. The molecule has 0 spiro atoms. The molecule has 190 valence electrons. The first kappa shape index (κ1) is 25.2. The first-order valence-electron chi connectivity index (χ1n) is 12.1. The Morgan fingerprint density at radius 3 is 2.11 bits per heavy atom. The van der Waals surface area contributed by atoms with Crippen molar-refractivity contribution in [3.63, 3.8) is 0 Å². The normalized spacial score (nSPS) is 15.8. The number of likely N-dealkylation sites (N-methyl/N-ethyl adjacent to an activating group) is 1. The van der Waals surface area contributed by atoms with Gasteiger partial charge in [-0.25, -0.2) is 4.98 Å². The molecule has 0 aliphatic carbocycles. The smallest absolute Gasteiger partial charge is 0.334 e. The van der Waals surface area contributed by atoms with Gasteiger partial charge in [0.05, 0.1) is 19.1 Å². The molecule has 2 aromatic carbocycles. The first-order valence-corrected chi connectivity index (χ1v) is 12.1. The maximum absolute atomic E-state index is 12.4. The van der Waals surface area contributed by atoms with Crippen molar-refractivity contribution in [3.8, 4) is 11.5 Å². The van der Waals surface area contributed by atoms with Gasteiger partial charge in [-0.05, 0) is 67.9 Å². The molecule has 1 aromatic heterocycles. The van der Waals surface area contributed by atoms with Crippen molar-refractivity contribution >= 4 is 17.2 Å². The Kier molecular flexibility index (Phi) is 8.22. The molecule has 0 radical (unpaired) electrons. The summed E-state index contributed by atoms with van der Waals surface area (Å²) >= 11 is 0. The van der Waals surface area contributed by atoms with Crippen molar-refractivity contribution < 1.29 is 14.4 Å². The fourth-order valence-electron chi connectivity index (χ4n) is 4.58. The van der Waals surface area contributed by atoms with E-state index in [1.165, 1.54) is 0 Å². The maximum Gasteiger partial charge on any atom is 0.334 e. The molecule has 9 heteroatoms. The van der Waals surface area contributed by atoms with Crippen LogP contribution in [0.3, 0.4) is 0 Å². The van der Waals surface area contributed by atoms with Gasteiger partial charge < -0.3 is 24.6 Å². The van der Waals surface area contributed by atoms with Crippen molar-refractivity contribution in [3.05, 3.63) is 82.0 Å². The number of benzene rings is 2. The quantitative estimate of drug-likeness (QED) is 0.322. The van der Waals surface area contributed by atoms with Crippen LogP contribution in [0.4, 0.5) is 17.2 Å². The monoisotopic (exact) mass is 491 g/mol. The summed E-state index contributed by atoms with van der Waals surface area (Å²) in [5.74, 6) is 1.85. The van der Waals surface area contributed by atoms with Crippen LogP contribution in [0.2, 0.25) is 0 Å². The number of rotatable bonds is 10. The summed E-state index contributed by atoms with van der Waals surface area (Å²) in [5.41, 5.74) is 2.48. The van der Waals surface area contributed by atoms with Gasteiger partial charge in [-0.2, -0.15) is 0 Å². The third-order valence-electron chi connectivity index (χ3n) is 6.44. The number of ether oxygens (including phenoxy) is 2. The number of methoxy groups -OCH3 is 2. The molecular weight excluding hydrogens is 458 g/mol. The molecule has 1 fully saturated rings. The van der Waals surface area contributed by atoms with E-state index >= 15 is 0 Å². The summed E-state index contributed by atoms with van der Waals surface area (Å²) in [6, 6.07) is 17.3. The summed E-state index contributed by atoms with van der Waals surface area (Å²) in [6.45, 7) is 2.77. The lowest BCUT2D eigenvalue weighted by Crippen LogP contribution is -2.39. The van der Waals surface area contributed by atoms with E-state index in [0.29, 0.717) is 24.6 Å². The number of anilines is 2. The molecule has 36 heavy (non-hydrogen) atoms. The van der Waals surface area contributed by atoms with Crippen LogP contribution in [0.15, 0.2) is 60.8 Å². The Labute approximate surface area is 211 Å². The van der Waals surface area contributed by atoms with Crippen LogP contribution in [-0.2, 0) is 13.1 Å². The van der Waals surface area contributed by atoms with Crippen molar-refractivity contribution in [2.24, 2.45) is 0 Å². The van der Waals surface area contributed by atoms with E-state index in [1.807, 2.05) is 53.4 Å². The molecule has 2 heterocycles. The summed E-state index contributed by atoms with van der Waals surface area (Å²) in [5, 5.41) is 15.8. The first-order chi connectivity index (χ1) is 17.5. The Morgan fingerprint density at radius 2 is 1.61 bits per heavy atom. The molecule has 1 N–H and O–H groups in total. The average molecular weight is 492 g/mol. The molecule has 4 rings (SSSR count). The molecule has 1 atom stereocenters. The van der Waals surface area contributed by atoms with Gasteiger partial charge in [0.2, 0.25) is 5.82 Å². The molecule has 1 saturated heterocycles. The lowest BCUT2D eigenvalue weighted by Gasteiger charge is -2.31. The van der Waals surface area contributed by atoms with Crippen molar-refractivity contribution in [2.45, 2.75) is 32.0 Å². The predicted molar refractivity (Wildman–Crippen MR) is 141 cm³/mol. The summed E-state index contributed by atoms with van der Waals surface area (Å²) < 4.78 is 10.6. The van der Waals surface area contributed by atoms with Gasteiger partial charge in [0.25, 0.3) is 0 Å². The van der Waals surface area contributed by atoms with Crippen LogP contribution in [0.25, 0.3) is 0 Å². The molecular formula is C27H33N5O4. The number of nitro groups is 1. The number of nitrogens with zero attached hydrogens (tertiary/aromatic N) is 4. The van der Waals surface area contributed by atoms with E-state index in [0.717, 1.165) is 48.6 Å². The Balaban J connectivity index is 1.69. The van der Waals surface area contributed by atoms with Gasteiger partial charge >= 0.3 is 5.69 Å². The second kappa shape index (κ2) is 11.7. The minimum atomic E-state index is -0.327.